The minimum atomic E-state index is -1.46. The summed E-state index contributed by atoms with van der Waals surface area (Å²) >= 11 is 0. The fourth-order valence-electron chi connectivity index (χ4n) is 2.69. The summed E-state index contributed by atoms with van der Waals surface area (Å²) in [5.41, 5.74) is 0. The quantitative estimate of drug-likeness (QED) is 0.453. The summed E-state index contributed by atoms with van der Waals surface area (Å²) in [6, 6.07) is 0. The Morgan fingerprint density at radius 1 is 1.05 bits per heavy atom. The van der Waals surface area contributed by atoms with Crippen molar-refractivity contribution in [2.24, 2.45) is 0 Å². The van der Waals surface area contributed by atoms with Crippen LogP contribution in [0.4, 0.5) is 0 Å². The first-order chi connectivity index (χ1) is 10.4. The Kier molecular flexibility index (Phi) is 8.27. The zero-order chi connectivity index (χ0) is 16.7. The van der Waals surface area contributed by atoms with Gasteiger partial charge in [0.25, 0.3) is 0 Å². The second kappa shape index (κ2) is 9.42. The van der Waals surface area contributed by atoms with Crippen LogP contribution in [0.2, 0.25) is 0 Å². The van der Waals surface area contributed by atoms with Crippen molar-refractivity contribution in [2.45, 2.75) is 76.6 Å². The van der Waals surface area contributed by atoms with E-state index in [0.29, 0.717) is 6.54 Å². The lowest BCUT2D eigenvalue weighted by Crippen LogP contribution is -2.64. The smallest absolute Gasteiger partial charge is 0.221 e. The van der Waals surface area contributed by atoms with Crippen molar-refractivity contribution < 1.29 is 30.0 Å². The number of carbonyl (C=O) groups is 1. The summed E-state index contributed by atoms with van der Waals surface area (Å²) in [7, 11) is 0. The molecule has 130 valence electrons. The maximum atomic E-state index is 11.8. The molecule has 1 saturated heterocycles. The topological polar surface area (TPSA) is 110 Å². The third-order valence-corrected chi connectivity index (χ3v) is 4.08. The molecule has 0 saturated carbocycles. The number of nitrogens with zero attached hydrogens (tertiary/aromatic N) is 1. The molecular formula is C15H29NO6. The largest absolute Gasteiger partial charge is 0.394 e. The first-order valence-electron chi connectivity index (χ1n) is 8.01. The van der Waals surface area contributed by atoms with Gasteiger partial charge in [0.2, 0.25) is 5.91 Å². The van der Waals surface area contributed by atoms with Gasteiger partial charge in [-0.3, -0.25) is 4.79 Å². The average Bonchev–Trinajstić information content (AvgIpc) is 2.49. The molecule has 1 unspecified atom stereocenters. The Bertz CT molecular complexity index is 338. The molecule has 0 aromatic heterocycles. The molecular weight excluding hydrogens is 290 g/mol. The van der Waals surface area contributed by atoms with E-state index in [4.69, 9.17) is 4.74 Å². The number of carbonyl (C=O) groups excluding carboxylic acids is 1. The molecule has 1 heterocycles. The van der Waals surface area contributed by atoms with Crippen molar-refractivity contribution in [3.63, 3.8) is 0 Å². The van der Waals surface area contributed by atoms with Crippen molar-refractivity contribution in [1.29, 1.82) is 0 Å². The summed E-state index contributed by atoms with van der Waals surface area (Å²) < 4.78 is 5.43. The van der Waals surface area contributed by atoms with Crippen LogP contribution in [-0.4, -0.2) is 75.0 Å². The lowest BCUT2D eigenvalue weighted by Gasteiger charge is -2.44. The van der Waals surface area contributed by atoms with E-state index in [1.54, 1.807) is 0 Å². The fraction of sp³-hybridized carbons (Fsp3) is 0.933. The van der Waals surface area contributed by atoms with Gasteiger partial charge in [0.05, 0.1) is 6.61 Å². The van der Waals surface area contributed by atoms with Crippen molar-refractivity contribution in [3.05, 3.63) is 0 Å². The molecule has 0 aromatic carbocycles. The highest BCUT2D eigenvalue weighted by atomic mass is 16.6. The van der Waals surface area contributed by atoms with E-state index in [2.05, 4.69) is 6.92 Å². The highest BCUT2D eigenvalue weighted by Gasteiger charge is 2.46. The van der Waals surface area contributed by atoms with Gasteiger partial charge in [0.1, 0.15) is 24.4 Å². The van der Waals surface area contributed by atoms with Crippen LogP contribution in [0.15, 0.2) is 0 Å². The Morgan fingerprint density at radius 3 is 2.23 bits per heavy atom. The van der Waals surface area contributed by atoms with Crippen molar-refractivity contribution >= 4 is 5.91 Å². The molecule has 0 bridgehead atoms. The summed E-state index contributed by atoms with van der Waals surface area (Å²) in [5, 5.41) is 38.8. The van der Waals surface area contributed by atoms with E-state index in [0.717, 1.165) is 32.1 Å². The van der Waals surface area contributed by atoms with E-state index in [1.807, 2.05) is 0 Å². The standard InChI is InChI=1S/C15H29NO6/c1-3-4-5-6-7-8-16(10(2)18)15-14(21)13(20)12(19)11(9-17)22-15/h11-15,17,19-21H,3-9H2,1-2H3/t11-,12-,13+,14-,15?/m1/s1. The molecule has 0 aromatic rings. The summed E-state index contributed by atoms with van der Waals surface area (Å²) in [6.45, 7) is 3.40. The molecule has 0 spiro atoms. The highest BCUT2D eigenvalue weighted by Crippen LogP contribution is 2.24. The Hall–Kier alpha value is -0.730. The monoisotopic (exact) mass is 319 g/mol. The molecule has 0 radical (unpaired) electrons. The molecule has 1 rings (SSSR count). The number of unbranched alkanes of at least 4 members (excludes halogenated alkanes) is 4. The third-order valence-electron chi connectivity index (χ3n) is 4.08. The predicted molar refractivity (Wildman–Crippen MR) is 79.9 cm³/mol. The van der Waals surface area contributed by atoms with Crippen LogP contribution in [0, 0.1) is 0 Å². The second-order valence-electron chi connectivity index (χ2n) is 5.85. The highest BCUT2D eigenvalue weighted by molar-refractivity contribution is 5.73. The normalized spacial score (nSPS) is 32.0. The second-order valence-corrected chi connectivity index (χ2v) is 5.85. The van der Waals surface area contributed by atoms with Gasteiger partial charge >= 0.3 is 0 Å². The van der Waals surface area contributed by atoms with Crippen molar-refractivity contribution in [3.8, 4) is 0 Å². The lowest BCUT2D eigenvalue weighted by molar-refractivity contribution is -0.262. The summed E-state index contributed by atoms with van der Waals surface area (Å²) in [4.78, 5) is 13.2. The van der Waals surface area contributed by atoms with Gasteiger partial charge in [-0.25, -0.2) is 0 Å². The Morgan fingerprint density at radius 2 is 1.68 bits per heavy atom. The van der Waals surface area contributed by atoms with Crippen LogP contribution < -0.4 is 0 Å². The van der Waals surface area contributed by atoms with Gasteiger partial charge in [-0.05, 0) is 6.42 Å². The molecule has 7 nitrogen and oxygen atoms in total. The van der Waals surface area contributed by atoms with E-state index >= 15 is 0 Å². The Balaban J connectivity index is 2.66. The number of ether oxygens (including phenoxy) is 1. The molecule has 1 aliphatic rings. The molecule has 1 aliphatic heterocycles. The van der Waals surface area contributed by atoms with Gasteiger partial charge < -0.3 is 30.1 Å². The minimum Gasteiger partial charge on any atom is -0.394 e. The van der Waals surface area contributed by atoms with Gasteiger partial charge in [-0.2, -0.15) is 0 Å². The lowest BCUT2D eigenvalue weighted by atomic mass is 9.97. The molecule has 4 N–H and O–H groups in total. The number of aliphatic hydroxyl groups excluding tert-OH is 4. The molecule has 1 fully saturated rings. The number of hydrogen-bond acceptors (Lipinski definition) is 6. The summed E-state index contributed by atoms with van der Waals surface area (Å²) in [5.74, 6) is -0.278. The molecule has 5 atom stereocenters. The maximum Gasteiger partial charge on any atom is 0.221 e. The van der Waals surface area contributed by atoms with E-state index in [-0.39, 0.29) is 5.91 Å². The van der Waals surface area contributed by atoms with Crippen molar-refractivity contribution in [2.75, 3.05) is 13.2 Å². The maximum absolute atomic E-state index is 11.8. The number of amides is 1. The van der Waals surface area contributed by atoms with Crippen LogP contribution in [-0.2, 0) is 9.53 Å². The first kappa shape index (κ1) is 19.3. The van der Waals surface area contributed by atoms with Crippen LogP contribution in [0.25, 0.3) is 0 Å². The summed E-state index contributed by atoms with van der Waals surface area (Å²) in [6.07, 6.45) is -1.24. The van der Waals surface area contributed by atoms with E-state index < -0.39 is 37.3 Å². The van der Waals surface area contributed by atoms with Gasteiger partial charge in [0.15, 0.2) is 6.23 Å². The molecule has 7 heteroatoms. The van der Waals surface area contributed by atoms with Crippen LogP contribution in [0.1, 0.15) is 46.0 Å². The van der Waals surface area contributed by atoms with E-state index in [9.17, 15) is 25.2 Å². The van der Waals surface area contributed by atoms with Crippen LogP contribution >= 0.6 is 0 Å². The minimum absolute atomic E-state index is 0.278. The number of hydrogen-bond donors (Lipinski definition) is 4. The third kappa shape index (κ3) is 4.89. The first-order valence-corrected chi connectivity index (χ1v) is 8.01. The zero-order valence-electron chi connectivity index (χ0n) is 13.4. The van der Waals surface area contributed by atoms with Gasteiger partial charge in [-0.1, -0.05) is 32.6 Å². The Labute approximate surface area is 131 Å². The van der Waals surface area contributed by atoms with Crippen molar-refractivity contribution in [1.82, 2.24) is 4.90 Å². The van der Waals surface area contributed by atoms with E-state index in [1.165, 1.54) is 11.8 Å². The SMILES string of the molecule is CCCCCCCN(C(C)=O)C1O[C@H](CO)[C@@H](O)[C@H](O)[C@H]1O. The fourth-order valence-corrected chi connectivity index (χ4v) is 2.69. The van der Waals surface area contributed by atoms with Gasteiger partial charge in [-0.15, -0.1) is 0 Å². The zero-order valence-corrected chi connectivity index (χ0v) is 13.4. The number of aliphatic hydroxyl groups is 4. The molecule has 0 aliphatic carbocycles. The van der Waals surface area contributed by atoms with Crippen LogP contribution in [0.3, 0.4) is 0 Å². The molecule has 22 heavy (non-hydrogen) atoms. The van der Waals surface area contributed by atoms with Gasteiger partial charge in [0, 0.05) is 13.5 Å². The number of rotatable bonds is 8. The average molecular weight is 319 g/mol. The van der Waals surface area contributed by atoms with Crippen LogP contribution in [0.5, 0.6) is 0 Å². The molecule has 1 amide bonds. The predicted octanol–water partition coefficient (Wildman–Crippen LogP) is -0.395.